The zero-order chi connectivity index (χ0) is 18.9. The summed E-state index contributed by atoms with van der Waals surface area (Å²) in [5.74, 6) is 3.07. The van der Waals surface area contributed by atoms with Crippen molar-refractivity contribution in [1.29, 1.82) is 0 Å². The molecule has 6 heteroatoms. The van der Waals surface area contributed by atoms with Crippen LogP contribution in [-0.4, -0.2) is 28.0 Å². The average molecular weight is 366 g/mol. The molecule has 0 saturated carbocycles. The van der Waals surface area contributed by atoms with Crippen molar-refractivity contribution in [2.75, 3.05) is 18.0 Å². The molecular formula is C21H23FN4O. The molecule has 0 N–H and O–H groups in total. The van der Waals surface area contributed by atoms with Crippen molar-refractivity contribution in [3.8, 4) is 0 Å². The Labute approximate surface area is 158 Å². The van der Waals surface area contributed by atoms with Crippen molar-refractivity contribution in [2.24, 2.45) is 0 Å². The summed E-state index contributed by atoms with van der Waals surface area (Å²) in [4.78, 5) is 15.5. The van der Waals surface area contributed by atoms with Crippen LogP contribution in [0.3, 0.4) is 0 Å². The second-order valence-corrected chi connectivity index (χ2v) is 7.45. The number of nitrogens with zero attached hydrogens (tertiary/aromatic N) is 4. The van der Waals surface area contributed by atoms with Gasteiger partial charge in [0.15, 0.2) is 5.89 Å². The van der Waals surface area contributed by atoms with E-state index in [0.29, 0.717) is 6.42 Å². The summed E-state index contributed by atoms with van der Waals surface area (Å²) in [5.41, 5.74) is 0.787. The molecule has 27 heavy (non-hydrogen) atoms. The molecule has 0 atom stereocenters. The van der Waals surface area contributed by atoms with Crippen LogP contribution in [0.1, 0.15) is 42.8 Å². The van der Waals surface area contributed by atoms with Gasteiger partial charge in [0.1, 0.15) is 23.2 Å². The standard InChI is InChI=1S/C21H23FN4O/c1-15-23-9-6-19(25-15)26-10-7-21(2,8-11-26)20-24-14-18(27-20)13-16-4-3-5-17(22)12-16/h3-6,9,12,14H,7-8,10-11,13H2,1-2H3. The molecule has 2 aromatic heterocycles. The highest BCUT2D eigenvalue weighted by Crippen LogP contribution is 2.36. The van der Waals surface area contributed by atoms with E-state index >= 15 is 0 Å². The Bertz CT molecular complexity index is 931. The lowest BCUT2D eigenvalue weighted by molar-refractivity contribution is 0.278. The quantitative estimate of drug-likeness (QED) is 0.697. The number of aromatic nitrogens is 3. The second kappa shape index (κ2) is 7.10. The number of hydrogen-bond donors (Lipinski definition) is 0. The largest absolute Gasteiger partial charge is 0.445 e. The fourth-order valence-corrected chi connectivity index (χ4v) is 3.58. The zero-order valence-corrected chi connectivity index (χ0v) is 15.7. The van der Waals surface area contributed by atoms with Crippen molar-refractivity contribution >= 4 is 5.82 Å². The average Bonchev–Trinajstić information content (AvgIpc) is 3.12. The monoisotopic (exact) mass is 366 g/mol. The lowest BCUT2D eigenvalue weighted by atomic mass is 9.80. The maximum Gasteiger partial charge on any atom is 0.200 e. The summed E-state index contributed by atoms with van der Waals surface area (Å²) in [6.07, 6.45) is 6.00. The number of oxazole rings is 1. The number of benzene rings is 1. The maximum absolute atomic E-state index is 13.4. The van der Waals surface area contributed by atoms with Crippen molar-refractivity contribution < 1.29 is 8.81 Å². The SMILES string of the molecule is Cc1nccc(N2CCC(C)(c3ncc(Cc4cccc(F)c4)o3)CC2)n1. The third-order valence-corrected chi connectivity index (χ3v) is 5.29. The van der Waals surface area contributed by atoms with Gasteiger partial charge in [-0.3, -0.25) is 0 Å². The van der Waals surface area contributed by atoms with Crippen LogP contribution in [0, 0.1) is 12.7 Å². The van der Waals surface area contributed by atoms with Crippen LogP contribution < -0.4 is 4.90 Å². The number of hydrogen-bond acceptors (Lipinski definition) is 5. The molecule has 3 heterocycles. The van der Waals surface area contributed by atoms with E-state index in [0.717, 1.165) is 54.8 Å². The molecule has 0 radical (unpaired) electrons. The van der Waals surface area contributed by atoms with Crippen molar-refractivity contribution in [1.82, 2.24) is 15.0 Å². The van der Waals surface area contributed by atoms with Crippen LogP contribution in [0.25, 0.3) is 0 Å². The predicted octanol–water partition coefficient (Wildman–Crippen LogP) is 4.06. The summed E-state index contributed by atoms with van der Waals surface area (Å²) in [6, 6.07) is 8.55. The molecule has 140 valence electrons. The van der Waals surface area contributed by atoms with Crippen LogP contribution in [0.5, 0.6) is 0 Å². The van der Waals surface area contributed by atoms with Gasteiger partial charge in [-0.2, -0.15) is 0 Å². The minimum Gasteiger partial charge on any atom is -0.445 e. The topological polar surface area (TPSA) is 55.1 Å². The van der Waals surface area contributed by atoms with Crippen LogP contribution in [0.2, 0.25) is 0 Å². The van der Waals surface area contributed by atoms with Crippen molar-refractivity contribution in [3.05, 3.63) is 71.6 Å². The Morgan fingerprint density at radius 3 is 2.74 bits per heavy atom. The number of aryl methyl sites for hydroxylation is 1. The summed E-state index contributed by atoms with van der Waals surface area (Å²) in [7, 11) is 0. The maximum atomic E-state index is 13.4. The number of anilines is 1. The smallest absolute Gasteiger partial charge is 0.200 e. The lowest BCUT2D eigenvalue weighted by Gasteiger charge is -2.37. The van der Waals surface area contributed by atoms with Crippen LogP contribution in [0.4, 0.5) is 10.2 Å². The molecule has 3 aromatic rings. The van der Waals surface area contributed by atoms with E-state index in [1.165, 1.54) is 12.1 Å². The van der Waals surface area contributed by atoms with E-state index in [4.69, 9.17) is 4.42 Å². The molecule has 1 aliphatic rings. The van der Waals surface area contributed by atoms with Gasteiger partial charge in [-0.15, -0.1) is 0 Å². The molecule has 0 spiro atoms. The van der Waals surface area contributed by atoms with E-state index in [-0.39, 0.29) is 11.2 Å². The van der Waals surface area contributed by atoms with Gasteiger partial charge >= 0.3 is 0 Å². The van der Waals surface area contributed by atoms with Crippen molar-refractivity contribution in [2.45, 2.75) is 38.5 Å². The highest BCUT2D eigenvalue weighted by atomic mass is 19.1. The first-order valence-corrected chi connectivity index (χ1v) is 9.26. The van der Waals surface area contributed by atoms with E-state index in [1.54, 1.807) is 18.5 Å². The van der Waals surface area contributed by atoms with E-state index in [1.807, 2.05) is 19.1 Å². The number of halogens is 1. The van der Waals surface area contributed by atoms with Gasteiger partial charge in [-0.25, -0.2) is 19.3 Å². The van der Waals surface area contributed by atoms with Gasteiger partial charge in [0.25, 0.3) is 0 Å². The molecule has 1 fully saturated rings. The minimum absolute atomic E-state index is 0.0984. The van der Waals surface area contributed by atoms with Crippen LogP contribution in [0.15, 0.2) is 47.1 Å². The second-order valence-electron chi connectivity index (χ2n) is 7.45. The predicted molar refractivity (Wildman–Crippen MR) is 101 cm³/mol. The van der Waals surface area contributed by atoms with Gasteiger partial charge in [-0.1, -0.05) is 19.1 Å². The van der Waals surface area contributed by atoms with Gasteiger partial charge in [0.05, 0.1) is 6.20 Å². The zero-order valence-electron chi connectivity index (χ0n) is 15.7. The molecule has 1 aliphatic heterocycles. The molecule has 0 aliphatic carbocycles. The van der Waals surface area contributed by atoms with Gasteiger partial charge in [0, 0.05) is 31.1 Å². The molecule has 5 nitrogen and oxygen atoms in total. The lowest BCUT2D eigenvalue weighted by Crippen LogP contribution is -2.41. The molecule has 0 bridgehead atoms. The molecule has 1 saturated heterocycles. The number of piperidine rings is 1. The third-order valence-electron chi connectivity index (χ3n) is 5.29. The normalized spacial score (nSPS) is 16.5. The Morgan fingerprint density at radius 2 is 2.00 bits per heavy atom. The first kappa shape index (κ1) is 17.6. The summed E-state index contributed by atoms with van der Waals surface area (Å²) in [6.45, 7) is 5.90. The molecule has 1 aromatic carbocycles. The van der Waals surface area contributed by atoms with Gasteiger partial charge in [0.2, 0.25) is 0 Å². The Morgan fingerprint density at radius 1 is 1.19 bits per heavy atom. The third kappa shape index (κ3) is 3.84. The van der Waals surface area contributed by atoms with Gasteiger partial charge in [-0.05, 0) is 43.5 Å². The molecule has 0 unspecified atom stereocenters. The van der Waals surface area contributed by atoms with E-state index < -0.39 is 0 Å². The van der Waals surface area contributed by atoms with Gasteiger partial charge < -0.3 is 9.32 Å². The Hall–Kier alpha value is -2.76. The van der Waals surface area contributed by atoms with Crippen LogP contribution in [-0.2, 0) is 11.8 Å². The van der Waals surface area contributed by atoms with E-state index in [9.17, 15) is 4.39 Å². The molecule has 0 amide bonds. The first-order valence-electron chi connectivity index (χ1n) is 9.26. The highest BCUT2D eigenvalue weighted by Gasteiger charge is 2.36. The van der Waals surface area contributed by atoms with Crippen LogP contribution >= 0.6 is 0 Å². The van der Waals surface area contributed by atoms with Crippen molar-refractivity contribution in [3.63, 3.8) is 0 Å². The van der Waals surface area contributed by atoms with E-state index in [2.05, 4.69) is 26.8 Å². The first-order chi connectivity index (χ1) is 13.0. The highest BCUT2D eigenvalue weighted by molar-refractivity contribution is 5.38. The summed E-state index contributed by atoms with van der Waals surface area (Å²) in [5, 5.41) is 0. The summed E-state index contributed by atoms with van der Waals surface area (Å²) < 4.78 is 19.4. The number of rotatable bonds is 4. The molecular weight excluding hydrogens is 343 g/mol. The Balaban J connectivity index is 1.44. The fraction of sp³-hybridized carbons (Fsp3) is 0.381. The summed E-state index contributed by atoms with van der Waals surface area (Å²) >= 11 is 0. The minimum atomic E-state index is -0.230. The fourth-order valence-electron chi connectivity index (χ4n) is 3.58. The molecule has 4 rings (SSSR count). The Kier molecular flexibility index (Phi) is 4.64.